The molecule has 0 saturated carbocycles. The van der Waals surface area contributed by atoms with Crippen LogP contribution in [0.5, 0.6) is 5.75 Å². The van der Waals surface area contributed by atoms with Gasteiger partial charge in [0.2, 0.25) is 0 Å². The predicted molar refractivity (Wildman–Crippen MR) is 120 cm³/mol. The second-order valence-corrected chi connectivity index (χ2v) is 7.98. The van der Waals surface area contributed by atoms with Gasteiger partial charge in [-0.25, -0.2) is 4.68 Å². The number of benzene rings is 2. The fraction of sp³-hybridized carbons (Fsp3) is 0.375. The molecule has 2 heterocycles. The first-order valence-electron chi connectivity index (χ1n) is 10.7. The van der Waals surface area contributed by atoms with Crippen molar-refractivity contribution in [2.45, 2.75) is 32.7 Å². The van der Waals surface area contributed by atoms with Crippen molar-refractivity contribution in [2.24, 2.45) is 0 Å². The Hall–Kier alpha value is -3.19. The number of carbonyl (C=O) groups excluding carboxylic acids is 1. The Balaban J connectivity index is 1.52. The molecule has 7 nitrogen and oxygen atoms in total. The van der Waals surface area contributed by atoms with Crippen molar-refractivity contribution in [2.75, 3.05) is 26.7 Å². The summed E-state index contributed by atoms with van der Waals surface area (Å²) in [6.07, 6.45) is 2.34. The maximum absolute atomic E-state index is 13.0. The topological polar surface area (TPSA) is 72.3 Å². The van der Waals surface area contributed by atoms with Crippen molar-refractivity contribution < 1.29 is 9.53 Å². The molecule has 1 amide bonds. The van der Waals surface area contributed by atoms with Crippen LogP contribution in [0.3, 0.4) is 0 Å². The van der Waals surface area contributed by atoms with Gasteiger partial charge in [-0.1, -0.05) is 41.1 Å². The fourth-order valence-corrected chi connectivity index (χ4v) is 4.17. The van der Waals surface area contributed by atoms with Crippen molar-refractivity contribution >= 4 is 5.91 Å². The normalized spacial score (nSPS) is 15.1. The number of carbonyl (C=O) groups is 1. The second-order valence-electron chi connectivity index (χ2n) is 7.98. The van der Waals surface area contributed by atoms with Crippen LogP contribution in [0, 0.1) is 13.8 Å². The average molecular weight is 420 g/mol. The van der Waals surface area contributed by atoms with E-state index in [-0.39, 0.29) is 11.9 Å². The average Bonchev–Trinajstić information content (AvgIpc) is 3.45. The highest BCUT2D eigenvalue weighted by Gasteiger charge is 2.27. The number of nitrogens with one attached hydrogen (secondary N) is 1. The van der Waals surface area contributed by atoms with Crippen LogP contribution >= 0.6 is 0 Å². The summed E-state index contributed by atoms with van der Waals surface area (Å²) in [5.41, 5.74) is 4.21. The largest absolute Gasteiger partial charge is 0.496 e. The molecule has 162 valence electrons. The number of nitrogens with zero attached hydrogens (tertiary/aromatic N) is 4. The van der Waals surface area contributed by atoms with E-state index in [1.807, 2.05) is 56.3 Å². The van der Waals surface area contributed by atoms with Crippen molar-refractivity contribution in [1.82, 2.24) is 25.2 Å². The van der Waals surface area contributed by atoms with Crippen LogP contribution in [0.15, 0.2) is 48.5 Å². The van der Waals surface area contributed by atoms with Gasteiger partial charge in [-0.3, -0.25) is 9.69 Å². The van der Waals surface area contributed by atoms with Gasteiger partial charge in [-0.05, 0) is 58.0 Å². The summed E-state index contributed by atoms with van der Waals surface area (Å²) in [6, 6.07) is 16.1. The summed E-state index contributed by atoms with van der Waals surface area (Å²) in [4.78, 5) is 15.4. The van der Waals surface area contributed by atoms with Crippen molar-refractivity contribution in [3.8, 4) is 11.4 Å². The molecule has 1 N–H and O–H groups in total. The number of ether oxygens (including phenoxy) is 1. The van der Waals surface area contributed by atoms with Gasteiger partial charge in [-0.15, -0.1) is 5.10 Å². The zero-order valence-electron chi connectivity index (χ0n) is 18.3. The molecule has 1 aromatic heterocycles. The number of aromatic nitrogens is 3. The third-order valence-electron chi connectivity index (χ3n) is 5.92. The lowest BCUT2D eigenvalue weighted by atomic mass is 10.0. The molecule has 4 rings (SSSR count). The van der Waals surface area contributed by atoms with E-state index in [0.717, 1.165) is 35.8 Å². The molecule has 1 saturated heterocycles. The van der Waals surface area contributed by atoms with Crippen LogP contribution in [0.1, 0.15) is 46.2 Å². The first-order chi connectivity index (χ1) is 15.1. The highest BCUT2D eigenvalue weighted by molar-refractivity contribution is 5.93. The molecule has 0 bridgehead atoms. The van der Waals surface area contributed by atoms with Gasteiger partial charge in [0.05, 0.1) is 24.5 Å². The Labute approximate surface area is 183 Å². The highest BCUT2D eigenvalue weighted by atomic mass is 16.5. The molecule has 1 aliphatic rings. The molecular formula is C24H29N5O2. The number of hydrogen-bond donors (Lipinski definition) is 1. The fourth-order valence-electron chi connectivity index (χ4n) is 4.17. The number of rotatable bonds is 7. The minimum Gasteiger partial charge on any atom is -0.496 e. The van der Waals surface area contributed by atoms with Crippen molar-refractivity contribution in [3.63, 3.8) is 0 Å². The van der Waals surface area contributed by atoms with Gasteiger partial charge in [0, 0.05) is 12.1 Å². The van der Waals surface area contributed by atoms with Gasteiger partial charge in [0.1, 0.15) is 5.75 Å². The van der Waals surface area contributed by atoms with Crippen LogP contribution in [-0.2, 0) is 0 Å². The molecule has 3 aromatic rings. The summed E-state index contributed by atoms with van der Waals surface area (Å²) in [6.45, 7) is 6.42. The number of likely N-dealkylation sites (tertiary alicyclic amines) is 1. The van der Waals surface area contributed by atoms with Gasteiger partial charge in [0.15, 0.2) is 5.69 Å². The van der Waals surface area contributed by atoms with E-state index in [9.17, 15) is 4.79 Å². The first-order valence-corrected chi connectivity index (χ1v) is 10.7. The maximum atomic E-state index is 13.0. The Morgan fingerprint density at radius 3 is 2.52 bits per heavy atom. The van der Waals surface area contributed by atoms with E-state index in [0.29, 0.717) is 12.2 Å². The number of aryl methyl sites for hydroxylation is 1. The number of hydrogen-bond acceptors (Lipinski definition) is 5. The third kappa shape index (κ3) is 4.46. The lowest BCUT2D eigenvalue weighted by molar-refractivity contribution is 0.0931. The minimum absolute atomic E-state index is 0.0510. The van der Waals surface area contributed by atoms with Crippen LogP contribution in [-0.4, -0.2) is 52.5 Å². The molecular weight excluding hydrogens is 390 g/mol. The molecule has 1 unspecified atom stereocenters. The van der Waals surface area contributed by atoms with Crippen LogP contribution in [0.25, 0.3) is 5.69 Å². The summed E-state index contributed by atoms with van der Waals surface area (Å²) in [7, 11) is 1.69. The van der Waals surface area contributed by atoms with E-state index < -0.39 is 0 Å². The third-order valence-corrected chi connectivity index (χ3v) is 5.92. The molecule has 7 heteroatoms. The van der Waals surface area contributed by atoms with Crippen molar-refractivity contribution in [3.05, 3.63) is 71.0 Å². The second kappa shape index (κ2) is 9.31. The molecule has 0 aliphatic carbocycles. The molecule has 1 fully saturated rings. The first kappa shape index (κ1) is 21.1. The van der Waals surface area contributed by atoms with Crippen molar-refractivity contribution in [1.29, 1.82) is 0 Å². The Morgan fingerprint density at radius 2 is 1.81 bits per heavy atom. The van der Waals surface area contributed by atoms with E-state index in [1.165, 1.54) is 18.4 Å². The summed E-state index contributed by atoms with van der Waals surface area (Å²) >= 11 is 0. The molecule has 1 atom stereocenters. The van der Waals surface area contributed by atoms with Crippen LogP contribution in [0.2, 0.25) is 0 Å². The van der Waals surface area contributed by atoms with E-state index in [2.05, 4.69) is 26.6 Å². The van der Waals surface area contributed by atoms with Gasteiger partial charge >= 0.3 is 0 Å². The quantitative estimate of drug-likeness (QED) is 0.635. The lowest BCUT2D eigenvalue weighted by Gasteiger charge is -2.29. The molecule has 31 heavy (non-hydrogen) atoms. The highest BCUT2D eigenvalue weighted by Crippen LogP contribution is 2.31. The maximum Gasteiger partial charge on any atom is 0.273 e. The minimum atomic E-state index is -0.213. The Morgan fingerprint density at radius 1 is 1.10 bits per heavy atom. The number of amides is 1. The molecule has 1 aliphatic heterocycles. The zero-order valence-corrected chi connectivity index (χ0v) is 18.3. The standard InChI is InChI=1S/C24H29N5O2/c1-17-10-12-19(13-11-17)29-18(2)23(26-27-29)24(30)25-16-21(28-14-6-7-15-28)20-8-4-5-9-22(20)31-3/h4-5,8-13,21H,6-7,14-16H2,1-3H3,(H,25,30). The van der Waals surface area contributed by atoms with E-state index in [1.54, 1.807) is 11.8 Å². The van der Waals surface area contributed by atoms with Crippen LogP contribution < -0.4 is 10.1 Å². The molecule has 0 radical (unpaired) electrons. The predicted octanol–water partition coefficient (Wildman–Crippen LogP) is 3.46. The molecule has 2 aromatic carbocycles. The molecule has 0 spiro atoms. The van der Waals surface area contributed by atoms with Gasteiger partial charge in [-0.2, -0.15) is 0 Å². The monoisotopic (exact) mass is 419 g/mol. The SMILES string of the molecule is COc1ccccc1C(CNC(=O)c1nnn(-c2ccc(C)cc2)c1C)N1CCCC1. The van der Waals surface area contributed by atoms with E-state index in [4.69, 9.17) is 4.74 Å². The van der Waals surface area contributed by atoms with Gasteiger partial charge in [0.25, 0.3) is 5.91 Å². The number of para-hydroxylation sites is 1. The van der Waals surface area contributed by atoms with Crippen LogP contribution in [0.4, 0.5) is 0 Å². The lowest BCUT2D eigenvalue weighted by Crippen LogP contribution is -2.37. The summed E-state index contributed by atoms with van der Waals surface area (Å²) in [5, 5.41) is 11.4. The number of methoxy groups -OCH3 is 1. The van der Waals surface area contributed by atoms with E-state index >= 15 is 0 Å². The zero-order chi connectivity index (χ0) is 21.8. The Kier molecular flexibility index (Phi) is 6.32. The Bertz CT molecular complexity index is 1040. The van der Waals surface area contributed by atoms with Gasteiger partial charge < -0.3 is 10.1 Å². The summed E-state index contributed by atoms with van der Waals surface area (Å²) < 4.78 is 7.29. The summed E-state index contributed by atoms with van der Waals surface area (Å²) in [5.74, 6) is 0.630. The smallest absolute Gasteiger partial charge is 0.273 e.